The summed E-state index contributed by atoms with van der Waals surface area (Å²) in [7, 11) is 0. The topological polar surface area (TPSA) is 12.5 Å². The first-order valence-electron chi connectivity index (χ1n) is 8.09. The Hall–Kier alpha value is 0.400. The first-order chi connectivity index (χ1) is 9.19. The first-order valence-corrected chi connectivity index (χ1v) is 9.21. The maximum atomic E-state index is 5.83. The summed E-state index contributed by atoms with van der Waals surface area (Å²) < 4.78 is 5.83. The van der Waals surface area contributed by atoms with Crippen molar-refractivity contribution in [2.45, 2.75) is 65.4 Å². The fourth-order valence-corrected chi connectivity index (χ4v) is 4.26. The molecule has 0 amide bonds. The number of alkyl halides is 1. The maximum Gasteiger partial charge on any atom is 0.0702 e. The Morgan fingerprint density at radius 3 is 2.42 bits per heavy atom. The van der Waals surface area contributed by atoms with Crippen LogP contribution >= 0.6 is 15.9 Å². The second-order valence-corrected chi connectivity index (χ2v) is 6.65. The van der Waals surface area contributed by atoms with E-state index in [1.165, 1.54) is 51.6 Å². The molecule has 0 radical (unpaired) electrons. The molecule has 114 valence electrons. The second-order valence-electron chi connectivity index (χ2n) is 6.09. The molecular formula is C16H32BrNO. The molecule has 0 N–H and O–H groups in total. The van der Waals surface area contributed by atoms with E-state index in [0.717, 1.165) is 18.5 Å². The number of likely N-dealkylation sites (tertiary alicyclic amines) is 1. The lowest BCUT2D eigenvalue weighted by Crippen LogP contribution is -2.46. The van der Waals surface area contributed by atoms with E-state index in [-0.39, 0.29) is 0 Å². The van der Waals surface area contributed by atoms with Crippen LogP contribution in [0.15, 0.2) is 0 Å². The molecule has 1 heterocycles. The molecule has 19 heavy (non-hydrogen) atoms. The van der Waals surface area contributed by atoms with Crippen molar-refractivity contribution in [3.05, 3.63) is 0 Å². The molecule has 0 aromatic heterocycles. The lowest BCUT2D eigenvalue weighted by molar-refractivity contribution is -0.00648. The lowest BCUT2D eigenvalue weighted by Gasteiger charge is -2.40. The van der Waals surface area contributed by atoms with Crippen LogP contribution < -0.4 is 0 Å². The molecule has 0 bridgehead atoms. The van der Waals surface area contributed by atoms with Gasteiger partial charge in [0, 0.05) is 25.0 Å². The highest BCUT2D eigenvalue weighted by atomic mass is 79.9. The molecule has 0 saturated carbocycles. The monoisotopic (exact) mass is 333 g/mol. The SMILES string of the molecule is CCCC(CBr)(CCC)CN1CCCC(OCC)C1. The van der Waals surface area contributed by atoms with Gasteiger partial charge in [-0.1, -0.05) is 42.6 Å². The van der Waals surface area contributed by atoms with E-state index < -0.39 is 0 Å². The van der Waals surface area contributed by atoms with Gasteiger partial charge in [0.2, 0.25) is 0 Å². The molecular weight excluding hydrogens is 302 g/mol. The number of piperidine rings is 1. The van der Waals surface area contributed by atoms with Gasteiger partial charge in [0.15, 0.2) is 0 Å². The van der Waals surface area contributed by atoms with Crippen LogP contribution in [0.3, 0.4) is 0 Å². The molecule has 1 rings (SSSR count). The van der Waals surface area contributed by atoms with E-state index in [2.05, 4.69) is 41.6 Å². The summed E-state index contributed by atoms with van der Waals surface area (Å²) in [5.74, 6) is 0. The van der Waals surface area contributed by atoms with E-state index in [1.807, 2.05) is 0 Å². The van der Waals surface area contributed by atoms with Gasteiger partial charge in [-0.25, -0.2) is 0 Å². The summed E-state index contributed by atoms with van der Waals surface area (Å²) >= 11 is 3.79. The van der Waals surface area contributed by atoms with Crippen molar-refractivity contribution in [2.24, 2.45) is 5.41 Å². The standard InChI is InChI=1S/C16H32BrNO/c1-4-9-16(13-17,10-5-2)14-18-11-7-8-15(12-18)19-6-3/h15H,4-14H2,1-3H3. The molecule has 1 saturated heterocycles. The summed E-state index contributed by atoms with van der Waals surface area (Å²) in [6, 6.07) is 0. The largest absolute Gasteiger partial charge is 0.377 e. The van der Waals surface area contributed by atoms with E-state index in [1.54, 1.807) is 0 Å². The van der Waals surface area contributed by atoms with E-state index in [9.17, 15) is 0 Å². The molecule has 0 spiro atoms. The molecule has 1 unspecified atom stereocenters. The zero-order valence-electron chi connectivity index (χ0n) is 13.1. The van der Waals surface area contributed by atoms with Gasteiger partial charge in [0.1, 0.15) is 0 Å². The minimum Gasteiger partial charge on any atom is -0.377 e. The number of halogens is 1. The minimum absolute atomic E-state index is 0.468. The van der Waals surface area contributed by atoms with Crippen LogP contribution in [-0.2, 0) is 4.74 Å². The van der Waals surface area contributed by atoms with Crippen LogP contribution in [0.2, 0.25) is 0 Å². The molecule has 0 aromatic rings. The molecule has 1 aliphatic rings. The summed E-state index contributed by atoms with van der Waals surface area (Å²) in [5, 5.41) is 1.14. The third-order valence-electron chi connectivity index (χ3n) is 4.27. The van der Waals surface area contributed by atoms with Crippen molar-refractivity contribution < 1.29 is 4.74 Å². The lowest BCUT2D eigenvalue weighted by atomic mass is 9.80. The van der Waals surface area contributed by atoms with Crippen molar-refractivity contribution >= 4 is 15.9 Å². The summed E-state index contributed by atoms with van der Waals surface area (Å²) in [4.78, 5) is 2.65. The molecule has 1 atom stereocenters. The highest BCUT2D eigenvalue weighted by molar-refractivity contribution is 9.09. The Labute approximate surface area is 128 Å². The van der Waals surface area contributed by atoms with Crippen molar-refractivity contribution in [1.82, 2.24) is 4.90 Å². The molecule has 1 aliphatic heterocycles. The van der Waals surface area contributed by atoms with Gasteiger partial charge < -0.3 is 9.64 Å². The third-order valence-corrected chi connectivity index (χ3v) is 5.46. The van der Waals surface area contributed by atoms with Crippen molar-refractivity contribution in [1.29, 1.82) is 0 Å². The van der Waals surface area contributed by atoms with Crippen LogP contribution in [0.1, 0.15) is 59.3 Å². The summed E-state index contributed by atoms with van der Waals surface area (Å²) in [6.07, 6.45) is 8.25. The van der Waals surface area contributed by atoms with Gasteiger partial charge in [0.05, 0.1) is 6.10 Å². The molecule has 2 nitrogen and oxygen atoms in total. The summed E-state index contributed by atoms with van der Waals surface area (Å²) in [5.41, 5.74) is 0.470. The Morgan fingerprint density at radius 2 is 1.89 bits per heavy atom. The van der Waals surface area contributed by atoms with Gasteiger partial charge >= 0.3 is 0 Å². The zero-order valence-corrected chi connectivity index (χ0v) is 14.7. The van der Waals surface area contributed by atoms with Crippen molar-refractivity contribution in [2.75, 3.05) is 31.6 Å². The Balaban J connectivity index is 2.56. The quantitative estimate of drug-likeness (QED) is 0.577. The Bertz CT molecular complexity index is 227. The minimum atomic E-state index is 0.468. The third kappa shape index (κ3) is 5.73. The highest BCUT2D eigenvalue weighted by Gasteiger charge is 2.31. The number of ether oxygens (including phenoxy) is 1. The normalized spacial score (nSPS) is 21.8. The van der Waals surface area contributed by atoms with Gasteiger partial charge in [-0.15, -0.1) is 0 Å². The first kappa shape index (κ1) is 17.5. The molecule has 1 fully saturated rings. The van der Waals surface area contributed by atoms with E-state index in [4.69, 9.17) is 4.74 Å². The predicted molar refractivity (Wildman–Crippen MR) is 87.1 cm³/mol. The average Bonchev–Trinajstić information content (AvgIpc) is 2.40. The molecule has 0 aromatic carbocycles. The number of nitrogens with zero attached hydrogens (tertiary/aromatic N) is 1. The van der Waals surface area contributed by atoms with Gasteiger partial charge in [-0.05, 0) is 44.6 Å². The highest BCUT2D eigenvalue weighted by Crippen LogP contribution is 2.34. The van der Waals surface area contributed by atoms with Crippen LogP contribution in [0.25, 0.3) is 0 Å². The van der Waals surface area contributed by atoms with Crippen molar-refractivity contribution in [3.8, 4) is 0 Å². The second kappa shape index (κ2) is 9.36. The van der Waals surface area contributed by atoms with Crippen LogP contribution in [0.5, 0.6) is 0 Å². The predicted octanol–water partition coefficient (Wildman–Crippen LogP) is 4.47. The zero-order chi connectivity index (χ0) is 14.1. The summed E-state index contributed by atoms with van der Waals surface area (Å²) in [6.45, 7) is 11.2. The van der Waals surface area contributed by atoms with Crippen LogP contribution in [0.4, 0.5) is 0 Å². The van der Waals surface area contributed by atoms with Gasteiger partial charge in [-0.2, -0.15) is 0 Å². The number of hydrogen-bond donors (Lipinski definition) is 0. The Morgan fingerprint density at radius 1 is 1.21 bits per heavy atom. The van der Waals surface area contributed by atoms with Gasteiger partial charge in [-0.3, -0.25) is 0 Å². The van der Waals surface area contributed by atoms with Crippen LogP contribution in [-0.4, -0.2) is 42.6 Å². The molecule has 0 aliphatic carbocycles. The van der Waals surface area contributed by atoms with E-state index in [0.29, 0.717) is 11.5 Å². The fraction of sp³-hybridized carbons (Fsp3) is 1.00. The van der Waals surface area contributed by atoms with E-state index >= 15 is 0 Å². The smallest absolute Gasteiger partial charge is 0.0702 e. The number of hydrogen-bond acceptors (Lipinski definition) is 2. The van der Waals surface area contributed by atoms with Gasteiger partial charge in [0.25, 0.3) is 0 Å². The number of rotatable bonds is 9. The van der Waals surface area contributed by atoms with Crippen molar-refractivity contribution in [3.63, 3.8) is 0 Å². The molecule has 3 heteroatoms. The van der Waals surface area contributed by atoms with Crippen LogP contribution in [0, 0.1) is 5.41 Å². The maximum absolute atomic E-state index is 5.83. The average molecular weight is 334 g/mol. The fourth-order valence-electron chi connectivity index (χ4n) is 3.52. The Kier molecular flexibility index (Phi) is 8.59.